The van der Waals surface area contributed by atoms with E-state index in [0.29, 0.717) is 42.6 Å². The number of nitrogens with one attached hydrogen (secondary N) is 3. The first-order valence-electron chi connectivity index (χ1n) is 10.2. The van der Waals surface area contributed by atoms with Gasteiger partial charge in [0, 0.05) is 37.4 Å². The van der Waals surface area contributed by atoms with Crippen molar-refractivity contribution in [2.45, 2.75) is 38.8 Å². The predicted molar refractivity (Wildman–Crippen MR) is 116 cm³/mol. The number of carbonyl (C=O) groups excluding carboxylic acids is 2. The van der Waals surface area contributed by atoms with Crippen molar-refractivity contribution in [3.8, 4) is 5.75 Å². The minimum absolute atomic E-state index is 0.0207. The van der Waals surface area contributed by atoms with Crippen LogP contribution in [0, 0.1) is 0 Å². The number of hydrogen-bond acceptors (Lipinski definition) is 5. The Morgan fingerprint density at radius 2 is 2.00 bits per heavy atom. The predicted octanol–water partition coefficient (Wildman–Crippen LogP) is 2.25. The van der Waals surface area contributed by atoms with Crippen molar-refractivity contribution in [2.24, 2.45) is 0 Å². The highest BCUT2D eigenvalue weighted by Crippen LogP contribution is 2.23. The van der Waals surface area contributed by atoms with Crippen LogP contribution in [0.15, 0.2) is 24.3 Å². The second-order valence-electron chi connectivity index (χ2n) is 7.48. The monoisotopic (exact) mass is 428 g/mol. The number of aromatic nitrogens is 1. The molecule has 1 aromatic carbocycles. The standard InChI is InChI=1S/C22H28N4O5/c1-4-16-19(21(28)24-11-14-7-10-18(27)26(14)2)17(25-20(16)22(29)30)12-23-13-5-8-15(31-3)9-6-13/h5-6,8-9,14,23,25H,4,7,10-12H2,1-3H3,(H,24,28)(H,29,30). The minimum atomic E-state index is -1.11. The van der Waals surface area contributed by atoms with Gasteiger partial charge >= 0.3 is 5.97 Å². The van der Waals surface area contributed by atoms with Gasteiger partial charge < -0.3 is 30.4 Å². The number of likely N-dealkylation sites (tertiary alicyclic amines) is 1. The number of ether oxygens (including phenoxy) is 1. The van der Waals surface area contributed by atoms with Crippen molar-refractivity contribution >= 4 is 23.5 Å². The molecule has 1 fully saturated rings. The molecular weight excluding hydrogens is 400 g/mol. The molecule has 1 aliphatic rings. The number of carboxylic acid groups (broad SMARTS) is 1. The van der Waals surface area contributed by atoms with Crippen LogP contribution in [0.25, 0.3) is 0 Å². The van der Waals surface area contributed by atoms with Gasteiger partial charge in [0.15, 0.2) is 0 Å². The van der Waals surface area contributed by atoms with Crippen molar-refractivity contribution in [3.63, 3.8) is 0 Å². The number of rotatable bonds is 9. The van der Waals surface area contributed by atoms with Gasteiger partial charge in [0.2, 0.25) is 5.91 Å². The molecule has 0 spiro atoms. The summed E-state index contributed by atoms with van der Waals surface area (Å²) < 4.78 is 5.15. The third-order valence-electron chi connectivity index (χ3n) is 5.67. The second kappa shape index (κ2) is 9.55. The first-order valence-corrected chi connectivity index (χ1v) is 10.2. The SMILES string of the molecule is CCc1c(C(=O)O)[nH]c(CNc2ccc(OC)cc2)c1C(=O)NCC1CCC(=O)N1C. The van der Waals surface area contributed by atoms with Crippen LogP contribution in [-0.2, 0) is 17.8 Å². The molecule has 0 bridgehead atoms. The van der Waals surface area contributed by atoms with E-state index in [2.05, 4.69) is 15.6 Å². The van der Waals surface area contributed by atoms with Crippen LogP contribution in [0.4, 0.5) is 5.69 Å². The highest BCUT2D eigenvalue weighted by Gasteiger charge is 2.29. The van der Waals surface area contributed by atoms with E-state index in [1.54, 1.807) is 19.1 Å². The van der Waals surface area contributed by atoms with Crippen LogP contribution in [0.2, 0.25) is 0 Å². The number of benzene rings is 1. The molecule has 1 aromatic heterocycles. The fourth-order valence-electron chi connectivity index (χ4n) is 3.84. The van der Waals surface area contributed by atoms with E-state index in [1.165, 1.54) is 0 Å². The summed E-state index contributed by atoms with van der Waals surface area (Å²) in [6.07, 6.45) is 1.56. The van der Waals surface area contributed by atoms with Crippen LogP contribution in [-0.4, -0.2) is 59.5 Å². The van der Waals surface area contributed by atoms with Gasteiger partial charge in [-0.05, 0) is 42.7 Å². The van der Waals surface area contributed by atoms with Crippen molar-refractivity contribution in [1.29, 1.82) is 0 Å². The Hall–Kier alpha value is -3.49. The van der Waals surface area contributed by atoms with Crippen molar-refractivity contribution in [2.75, 3.05) is 26.0 Å². The van der Waals surface area contributed by atoms with Gasteiger partial charge in [0.05, 0.1) is 19.2 Å². The lowest BCUT2D eigenvalue weighted by Gasteiger charge is -2.20. The first-order chi connectivity index (χ1) is 14.8. The van der Waals surface area contributed by atoms with Crippen LogP contribution >= 0.6 is 0 Å². The van der Waals surface area contributed by atoms with E-state index in [9.17, 15) is 19.5 Å². The molecule has 1 aliphatic heterocycles. The number of anilines is 1. The lowest BCUT2D eigenvalue weighted by atomic mass is 10.0. The smallest absolute Gasteiger partial charge is 0.352 e. The molecule has 2 heterocycles. The number of likely N-dealkylation sites (N-methyl/N-ethyl adjacent to an activating group) is 1. The van der Waals surface area contributed by atoms with E-state index >= 15 is 0 Å². The first kappa shape index (κ1) is 22.2. The van der Waals surface area contributed by atoms with Gasteiger partial charge in [-0.25, -0.2) is 4.79 Å². The zero-order chi connectivity index (χ0) is 22.5. The van der Waals surface area contributed by atoms with Gasteiger partial charge in [0.25, 0.3) is 5.91 Å². The number of methoxy groups -OCH3 is 1. The Morgan fingerprint density at radius 1 is 1.29 bits per heavy atom. The van der Waals surface area contributed by atoms with E-state index in [1.807, 2.05) is 31.2 Å². The molecule has 9 heteroatoms. The number of carboxylic acids is 1. The highest BCUT2D eigenvalue weighted by atomic mass is 16.5. The number of H-pyrrole nitrogens is 1. The summed E-state index contributed by atoms with van der Waals surface area (Å²) >= 11 is 0. The molecule has 9 nitrogen and oxygen atoms in total. The number of aromatic carboxylic acids is 1. The van der Waals surface area contributed by atoms with Gasteiger partial charge in [-0.1, -0.05) is 6.92 Å². The molecule has 0 radical (unpaired) electrons. The van der Waals surface area contributed by atoms with E-state index in [0.717, 1.165) is 11.4 Å². The molecule has 4 N–H and O–H groups in total. The average Bonchev–Trinajstić information content (AvgIpc) is 3.31. The molecular formula is C22H28N4O5. The molecule has 1 atom stereocenters. The van der Waals surface area contributed by atoms with Gasteiger partial charge in [-0.2, -0.15) is 0 Å². The fraction of sp³-hybridized carbons (Fsp3) is 0.409. The van der Waals surface area contributed by atoms with E-state index in [-0.39, 0.29) is 30.1 Å². The quantitative estimate of drug-likeness (QED) is 0.486. The van der Waals surface area contributed by atoms with Gasteiger partial charge in [-0.15, -0.1) is 0 Å². The third kappa shape index (κ3) is 4.82. The summed E-state index contributed by atoms with van der Waals surface area (Å²) in [7, 11) is 3.32. The molecule has 1 unspecified atom stereocenters. The lowest BCUT2D eigenvalue weighted by Crippen LogP contribution is -2.40. The summed E-state index contributed by atoms with van der Waals surface area (Å²) in [6.45, 7) is 2.39. The Labute approximate surface area is 180 Å². The van der Waals surface area contributed by atoms with Crippen LogP contribution in [0.1, 0.15) is 51.9 Å². The number of hydrogen-bond donors (Lipinski definition) is 4. The lowest BCUT2D eigenvalue weighted by molar-refractivity contribution is -0.127. The Balaban J connectivity index is 1.80. The Morgan fingerprint density at radius 3 is 2.55 bits per heavy atom. The van der Waals surface area contributed by atoms with Crippen molar-refractivity contribution in [1.82, 2.24) is 15.2 Å². The molecule has 2 amide bonds. The van der Waals surface area contributed by atoms with Crippen LogP contribution in [0.5, 0.6) is 5.75 Å². The summed E-state index contributed by atoms with van der Waals surface area (Å²) in [5.41, 5.74) is 2.13. The molecule has 0 saturated carbocycles. The van der Waals surface area contributed by atoms with Gasteiger partial charge in [0.1, 0.15) is 11.4 Å². The molecule has 0 aliphatic carbocycles. The maximum Gasteiger partial charge on any atom is 0.352 e. The summed E-state index contributed by atoms with van der Waals surface area (Å²) in [6, 6.07) is 7.25. The number of amides is 2. The second-order valence-corrected chi connectivity index (χ2v) is 7.48. The zero-order valence-corrected chi connectivity index (χ0v) is 17.9. The summed E-state index contributed by atoms with van der Waals surface area (Å²) in [5, 5.41) is 15.7. The fourth-order valence-corrected chi connectivity index (χ4v) is 3.84. The maximum absolute atomic E-state index is 13.0. The zero-order valence-electron chi connectivity index (χ0n) is 17.9. The number of carbonyl (C=O) groups is 3. The van der Waals surface area contributed by atoms with Crippen LogP contribution in [0.3, 0.4) is 0 Å². The number of nitrogens with zero attached hydrogens (tertiary/aromatic N) is 1. The Kier molecular flexibility index (Phi) is 6.84. The largest absolute Gasteiger partial charge is 0.497 e. The summed E-state index contributed by atoms with van der Waals surface area (Å²) in [5.74, 6) is -0.669. The van der Waals surface area contributed by atoms with Crippen molar-refractivity contribution in [3.05, 3.63) is 46.8 Å². The highest BCUT2D eigenvalue weighted by molar-refractivity contribution is 6.01. The topological polar surface area (TPSA) is 124 Å². The van der Waals surface area contributed by atoms with Crippen LogP contribution < -0.4 is 15.4 Å². The summed E-state index contributed by atoms with van der Waals surface area (Å²) in [4.78, 5) is 41.0. The molecule has 3 rings (SSSR count). The molecule has 1 saturated heterocycles. The van der Waals surface area contributed by atoms with E-state index < -0.39 is 5.97 Å². The third-order valence-corrected chi connectivity index (χ3v) is 5.67. The molecule has 2 aromatic rings. The average molecular weight is 428 g/mol. The van der Waals surface area contributed by atoms with Gasteiger partial charge in [-0.3, -0.25) is 9.59 Å². The minimum Gasteiger partial charge on any atom is -0.497 e. The number of aromatic amines is 1. The molecule has 166 valence electrons. The van der Waals surface area contributed by atoms with Crippen molar-refractivity contribution < 1.29 is 24.2 Å². The molecule has 31 heavy (non-hydrogen) atoms. The normalized spacial score (nSPS) is 15.8. The maximum atomic E-state index is 13.0. The Bertz CT molecular complexity index is 967. The van der Waals surface area contributed by atoms with E-state index in [4.69, 9.17) is 4.74 Å².